The van der Waals surface area contributed by atoms with Gasteiger partial charge in [0.05, 0.1) is 5.25 Å². The molecule has 0 spiro atoms. The molecular weight excluding hydrogens is 338 g/mol. The molecule has 2 atom stereocenters. The number of nitrogens with two attached hydrogens (primary N) is 1. The first kappa shape index (κ1) is 13.5. The molecule has 2 unspecified atom stereocenters. The molecule has 17 heavy (non-hydrogen) atoms. The first-order valence-corrected chi connectivity index (χ1v) is 8.56. The van der Waals surface area contributed by atoms with Crippen LogP contribution in [0.1, 0.15) is 23.5 Å². The lowest BCUT2D eigenvalue weighted by atomic mass is 10.1. The summed E-state index contributed by atoms with van der Waals surface area (Å²) in [7, 11) is 0. The third kappa shape index (κ3) is 3.51. The molecule has 2 N–H and O–H groups in total. The molecule has 0 aliphatic rings. The van der Waals surface area contributed by atoms with Crippen molar-refractivity contribution in [3.63, 3.8) is 0 Å². The normalized spacial score (nSPS) is 14.8. The summed E-state index contributed by atoms with van der Waals surface area (Å²) < 4.78 is 2.09. The third-order valence-corrected chi connectivity index (χ3v) is 6.42. The van der Waals surface area contributed by atoms with Crippen LogP contribution >= 0.6 is 50.4 Å². The molecule has 0 aromatic carbocycles. The fourth-order valence-corrected chi connectivity index (χ4v) is 4.99. The Balaban J connectivity index is 2.19. The minimum Gasteiger partial charge on any atom is -0.326 e. The van der Waals surface area contributed by atoms with Crippen molar-refractivity contribution in [2.24, 2.45) is 5.73 Å². The van der Waals surface area contributed by atoms with Gasteiger partial charge in [-0.2, -0.15) is 0 Å². The highest BCUT2D eigenvalue weighted by molar-refractivity contribution is 9.10. The maximum atomic E-state index is 6.20. The molecule has 3 nitrogen and oxygen atoms in total. The fourth-order valence-electron chi connectivity index (χ4n) is 1.37. The average Bonchev–Trinajstić information content (AvgIpc) is 2.96. The Morgan fingerprint density at radius 1 is 1.53 bits per heavy atom. The van der Waals surface area contributed by atoms with Crippen LogP contribution in [0.2, 0.25) is 0 Å². The number of thioether (sulfide) groups is 1. The van der Waals surface area contributed by atoms with Gasteiger partial charge in [0, 0.05) is 20.8 Å². The van der Waals surface area contributed by atoms with Gasteiger partial charge in [-0.25, -0.2) is 0 Å². The van der Waals surface area contributed by atoms with E-state index in [0.717, 1.165) is 15.2 Å². The Morgan fingerprint density at radius 2 is 2.35 bits per heavy atom. The van der Waals surface area contributed by atoms with E-state index in [1.54, 1.807) is 39.9 Å². The lowest BCUT2D eigenvalue weighted by Gasteiger charge is -2.19. The van der Waals surface area contributed by atoms with Crippen molar-refractivity contribution in [1.82, 2.24) is 10.2 Å². The van der Waals surface area contributed by atoms with Crippen molar-refractivity contribution in [2.75, 3.05) is 0 Å². The van der Waals surface area contributed by atoms with Crippen molar-refractivity contribution in [3.8, 4) is 0 Å². The Hall–Kier alpha value is 0.0500. The molecule has 92 valence electrons. The molecule has 0 amide bonds. The fraction of sp³-hybridized carbons (Fsp3) is 0.400. The van der Waals surface area contributed by atoms with Crippen molar-refractivity contribution >= 4 is 50.4 Å². The minimum absolute atomic E-state index is 0.134. The molecule has 0 aliphatic heterocycles. The second kappa shape index (κ2) is 6.29. The van der Waals surface area contributed by atoms with Crippen LogP contribution in [0.15, 0.2) is 25.8 Å². The van der Waals surface area contributed by atoms with E-state index in [4.69, 9.17) is 5.73 Å². The second-order valence-corrected chi connectivity index (χ2v) is 7.56. The number of thiophene rings is 1. The molecule has 2 aromatic rings. The highest BCUT2D eigenvalue weighted by Gasteiger charge is 2.22. The highest BCUT2D eigenvalue weighted by Crippen LogP contribution is 2.41. The van der Waals surface area contributed by atoms with Crippen LogP contribution in [-0.4, -0.2) is 16.2 Å². The monoisotopic (exact) mass is 349 g/mol. The Morgan fingerprint density at radius 3 is 2.88 bits per heavy atom. The zero-order valence-corrected chi connectivity index (χ0v) is 13.2. The Labute approximate surface area is 121 Å². The van der Waals surface area contributed by atoms with Gasteiger partial charge in [0.2, 0.25) is 0 Å². The van der Waals surface area contributed by atoms with Crippen molar-refractivity contribution in [3.05, 3.63) is 26.3 Å². The standard InChI is InChI=1S/C10H12BrN3S3/c1-2-7(12)9(8-3-6(11)4-15-8)17-10-14-13-5-16-10/h3-5,7,9H,2,12H2,1H3. The summed E-state index contributed by atoms with van der Waals surface area (Å²) in [6.07, 6.45) is 0.950. The van der Waals surface area contributed by atoms with E-state index in [2.05, 4.69) is 44.5 Å². The molecule has 0 radical (unpaired) electrons. The lowest BCUT2D eigenvalue weighted by Crippen LogP contribution is -2.25. The van der Waals surface area contributed by atoms with Gasteiger partial charge in [0.15, 0.2) is 4.34 Å². The summed E-state index contributed by atoms with van der Waals surface area (Å²) in [5, 5.41) is 10.3. The number of aromatic nitrogens is 2. The minimum atomic E-state index is 0.134. The van der Waals surface area contributed by atoms with Crippen LogP contribution in [-0.2, 0) is 0 Å². The van der Waals surface area contributed by atoms with Gasteiger partial charge >= 0.3 is 0 Å². The molecule has 2 heterocycles. The van der Waals surface area contributed by atoms with Crippen LogP contribution in [0.4, 0.5) is 0 Å². The van der Waals surface area contributed by atoms with Gasteiger partial charge < -0.3 is 5.73 Å². The van der Waals surface area contributed by atoms with Crippen LogP contribution in [0.5, 0.6) is 0 Å². The van der Waals surface area contributed by atoms with Crippen molar-refractivity contribution in [2.45, 2.75) is 29.0 Å². The van der Waals surface area contributed by atoms with E-state index in [9.17, 15) is 0 Å². The maximum Gasteiger partial charge on any atom is 0.174 e. The van der Waals surface area contributed by atoms with E-state index in [-0.39, 0.29) is 11.3 Å². The van der Waals surface area contributed by atoms with E-state index < -0.39 is 0 Å². The summed E-state index contributed by atoms with van der Waals surface area (Å²) in [4.78, 5) is 1.28. The van der Waals surface area contributed by atoms with Gasteiger partial charge in [-0.3, -0.25) is 0 Å². The summed E-state index contributed by atoms with van der Waals surface area (Å²) in [5.41, 5.74) is 7.95. The quantitative estimate of drug-likeness (QED) is 0.830. The summed E-state index contributed by atoms with van der Waals surface area (Å²) in [6, 6.07) is 2.27. The van der Waals surface area contributed by atoms with E-state index in [1.165, 1.54) is 4.88 Å². The van der Waals surface area contributed by atoms with Crippen LogP contribution in [0.25, 0.3) is 0 Å². The molecule has 0 aliphatic carbocycles. The molecule has 2 aromatic heterocycles. The molecule has 7 heteroatoms. The first-order chi connectivity index (χ1) is 8.20. The number of halogens is 1. The summed E-state index contributed by atoms with van der Waals surface area (Å²) >= 11 is 8.48. The SMILES string of the molecule is CCC(N)C(Sc1nncs1)c1cc(Br)cs1. The smallest absolute Gasteiger partial charge is 0.174 e. The highest BCUT2D eigenvalue weighted by atomic mass is 79.9. The zero-order valence-electron chi connectivity index (χ0n) is 9.17. The van der Waals surface area contributed by atoms with E-state index in [1.807, 2.05) is 0 Å². The predicted molar refractivity (Wildman–Crippen MR) is 78.8 cm³/mol. The Bertz CT molecular complexity index is 457. The van der Waals surface area contributed by atoms with Gasteiger partial charge in [0.1, 0.15) is 5.51 Å². The number of rotatable bonds is 5. The van der Waals surface area contributed by atoms with Gasteiger partial charge in [-0.05, 0) is 28.4 Å². The topological polar surface area (TPSA) is 51.8 Å². The molecular formula is C10H12BrN3S3. The van der Waals surface area contributed by atoms with E-state index >= 15 is 0 Å². The van der Waals surface area contributed by atoms with Crippen molar-refractivity contribution < 1.29 is 0 Å². The average molecular weight is 350 g/mol. The molecule has 0 saturated carbocycles. The molecule has 0 bridgehead atoms. The van der Waals surface area contributed by atoms with Gasteiger partial charge in [0.25, 0.3) is 0 Å². The number of hydrogen-bond donors (Lipinski definition) is 1. The van der Waals surface area contributed by atoms with Gasteiger partial charge in [-0.15, -0.1) is 21.5 Å². The summed E-state index contributed by atoms with van der Waals surface area (Å²) in [5.74, 6) is 0. The van der Waals surface area contributed by atoms with E-state index in [0.29, 0.717) is 0 Å². The second-order valence-electron chi connectivity index (χ2n) is 3.48. The third-order valence-electron chi connectivity index (χ3n) is 2.30. The largest absolute Gasteiger partial charge is 0.326 e. The maximum absolute atomic E-state index is 6.20. The Kier molecular flexibility index (Phi) is 4.98. The van der Waals surface area contributed by atoms with Gasteiger partial charge in [-0.1, -0.05) is 30.0 Å². The van der Waals surface area contributed by atoms with Crippen molar-refractivity contribution in [1.29, 1.82) is 0 Å². The molecule has 0 saturated heterocycles. The van der Waals surface area contributed by atoms with Crippen LogP contribution in [0.3, 0.4) is 0 Å². The number of hydrogen-bond acceptors (Lipinski definition) is 6. The predicted octanol–water partition coefficient (Wildman–Crippen LogP) is 3.93. The zero-order chi connectivity index (χ0) is 12.3. The molecule has 0 fully saturated rings. The lowest BCUT2D eigenvalue weighted by molar-refractivity contribution is 0.639. The van der Waals surface area contributed by atoms with Crippen LogP contribution < -0.4 is 5.73 Å². The first-order valence-electron chi connectivity index (χ1n) is 5.13. The van der Waals surface area contributed by atoms with Crippen LogP contribution in [0, 0.1) is 0 Å². The summed E-state index contributed by atoms with van der Waals surface area (Å²) in [6.45, 7) is 2.11. The number of nitrogens with zero attached hydrogens (tertiary/aromatic N) is 2. The molecule has 2 rings (SSSR count).